The number of hydrogen-bond donors (Lipinski definition) is 1. The molecule has 0 spiro atoms. The second-order valence-corrected chi connectivity index (χ2v) is 8.58. The molecule has 0 saturated carbocycles. The molecule has 0 bridgehead atoms. The number of carbonyl (C=O) groups is 1. The molecule has 1 aliphatic heterocycles. The topological polar surface area (TPSA) is 66.5 Å². The molecule has 1 saturated heterocycles. The van der Waals surface area contributed by atoms with Crippen LogP contribution in [0.4, 0.5) is 5.69 Å². The average Bonchev–Trinajstić information content (AvgIpc) is 2.56. The Labute approximate surface area is 145 Å². The minimum Gasteiger partial charge on any atom is -0.326 e. The fourth-order valence-corrected chi connectivity index (χ4v) is 4.68. The monoisotopic (exact) mass is 352 g/mol. The van der Waals surface area contributed by atoms with Crippen molar-refractivity contribution >= 4 is 21.6 Å². The maximum Gasteiger partial charge on any atom is 0.243 e. The second-order valence-electron chi connectivity index (χ2n) is 6.64. The number of piperidine rings is 1. The molecule has 1 aromatic carbocycles. The summed E-state index contributed by atoms with van der Waals surface area (Å²) in [7, 11) is -3.47. The van der Waals surface area contributed by atoms with E-state index in [-0.39, 0.29) is 10.8 Å². The third-order valence-electron chi connectivity index (χ3n) is 4.39. The smallest absolute Gasteiger partial charge is 0.243 e. The van der Waals surface area contributed by atoms with E-state index >= 15 is 0 Å². The van der Waals surface area contributed by atoms with E-state index in [1.165, 1.54) is 0 Å². The Hall–Kier alpha value is -1.40. The average molecular weight is 353 g/mol. The number of rotatable bonds is 7. The van der Waals surface area contributed by atoms with Crippen molar-refractivity contribution in [1.29, 1.82) is 0 Å². The molecule has 2 rings (SSSR count). The Morgan fingerprint density at radius 3 is 2.62 bits per heavy atom. The van der Waals surface area contributed by atoms with E-state index < -0.39 is 10.0 Å². The molecular weight excluding hydrogens is 324 g/mol. The van der Waals surface area contributed by atoms with Gasteiger partial charge < -0.3 is 5.32 Å². The summed E-state index contributed by atoms with van der Waals surface area (Å²) in [6.45, 7) is 5.31. The van der Waals surface area contributed by atoms with E-state index in [1.54, 1.807) is 28.6 Å². The molecule has 134 valence electrons. The third-order valence-corrected chi connectivity index (χ3v) is 6.28. The highest BCUT2D eigenvalue weighted by Crippen LogP contribution is 2.23. The molecule has 1 heterocycles. The predicted octanol–water partition coefficient (Wildman–Crippen LogP) is 3.63. The Kier molecular flexibility index (Phi) is 6.80. The van der Waals surface area contributed by atoms with Crippen LogP contribution in [-0.4, -0.2) is 31.7 Å². The van der Waals surface area contributed by atoms with Gasteiger partial charge in [0.15, 0.2) is 0 Å². The van der Waals surface area contributed by atoms with Gasteiger partial charge in [0.2, 0.25) is 15.9 Å². The SMILES string of the molecule is CCCC(C)CC(=O)Nc1cccc(S(=O)(=O)N2CCCCC2)c1. The molecule has 1 aliphatic rings. The van der Waals surface area contributed by atoms with Gasteiger partial charge in [-0.3, -0.25) is 4.79 Å². The van der Waals surface area contributed by atoms with E-state index in [2.05, 4.69) is 19.2 Å². The standard InChI is InChI=1S/C18H28N2O3S/c1-3-8-15(2)13-18(21)19-16-9-7-10-17(14-16)24(22,23)20-11-5-4-6-12-20/h7,9-10,14-15H,3-6,8,11-13H2,1-2H3,(H,19,21). The van der Waals surface area contributed by atoms with Crippen molar-refractivity contribution in [3.63, 3.8) is 0 Å². The molecule has 1 N–H and O–H groups in total. The van der Waals surface area contributed by atoms with Gasteiger partial charge in [0.1, 0.15) is 0 Å². The fourth-order valence-electron chi connectivity index (χ4n) is 3.11. The maximum atomic E-state index is 12.7. The van der Waals surface area contributed by atoms with Gasteiger partial charge in [0.05, 0.1) is 4.90 Å². The molecular formula is C18H28N2O3S. The lowest BCUT2D eigenvalue weighted by atomic mass is 10.0. The molecule has 1 aromatic rings. The predicted molar refractivity (Wildman–Crippen MR) is 96.4 cm³/mol. The van der Waals surface area contributed by atoms with Crippen LogP contribution in [0.15, 0.2) is 29.2 Å². The number of hydrogen-bond acceptors (Lipinski definition) is 3. The van der Waals surface area contributed by atoms with Crippen molar-refractivity contribution in [3.05, 3.63) is 24.3 Å². The van der Waals surface area contributed by atoms with Gasteiger partial charge in [-0.2, -0.15) is 4.31 Å². The van der Waals surface area contributed by atoms with Crippen molar-refractivity contribution in [1.82, 2.24) is 4.31 Å². The summed E-state index contributed by atoms with van der Waals surface area (Å²) in [4.78, 5) is 12.3. The number of benzene rings is 1. The number of nitrogens with one attached hydrogen (secondary N) is 1. The Morgan fingerprint density at radius 2 is 1.96 bits per heavy atom. The Bertz CT molecular complexity index is 652. The van der Waals surface area contributed by atoms with Crippen LogP contribution >= 0.6 is 0 Å². The number of nitrogens with zero attached hydrogens (tertiary/aromatic N) is 1. The maximum absolute atomic E-state index is 12.7. The zero-order chi connectivity index (χ0) is 17.6. The fraction of sp³-hybridized carbons (Fsp3) is 0.611. The van der Waals surface area contributed by atoms with Gasteiger partial charge >= 0.3 is 0 Å². The Balaban J connectivity index is 2.06. The Morgan fingerprint density at radius 1 is 1.25 bits per heavy atom. The zero-order valence-electron chi connectivity index (χ0n) is 14.6. The summed E-state index contributed by atoms with van der Waals surface area (Å²) >= 11 is 0. The quantitative estimate of drug-likeness (QED) is 0.815. The van der Waals surface area contributed by atoms with Gasteiger partial charge in [-0.15, -0.1) is 0 Å². The molecule has 1 atom stereocenters. The summed E-state index contributed by atoms with van der Waals surface area (Å²) in [5, 5.41) is 2.82. The molecule has 0 aromatic heterocycles. The van der Waals surface area contributed by atoms with Gasteiger partial charge in [0.25, 0.3) is 0 Å². The highest BCUT2D eigenvalue weighted by atomic mass is 32.2. The van der Waals surface area contributed by atoms with E-state index in [0.717, 1.165) is 32.1 Å². The summed E-state index contributed by atoms with van der Waals surface area (Å²) in [6, 6.07) is 6.57. The van der Waals surface area contributed by atoms with E-state index in [0.29, 0.717) is 31.1 Å². The summed E-state index contributed by atoms with van der Waals surface area (Å²) in [5.74, 6) is 0.263. The molecule has 0 radical (unpaired) electrons. The number of amides is 1. The first kappa shape index (κ1) is 18.9. The normalized spacial score (nSPS) is 17.4. The molecule has 24 heavy (non-hydrogen) atoms. The van der Waals surface area contributed by atoms with Crippen molar-refractivity contribution in [2.45, 2.75) is 57.3 Å². The van der Waals surface area contributed by atoms with E-state index in [4.69, 9.17) is 0 Å². The van der Waals surface area contributed by atoms with Crippen molar-refractivity contribution < 1.29 is 13.2 Å². The molecule has 1 fully saturated rings. The molecule has 5 nitrogen and oxygen atoms in total. The van der Waals surface area contributed by atoms with Crippen molar-refractivity contribution in [2.75, 3.05) is 18.4 Å². The van der Waals surface area contributed by atoms with E-state index in [1.807, 2.05) is 0 Å². The first-order valence-electron chi connectivity index (χ1n) is 8.83. The summed E-state index contributed by atoms with van der Waals surface area (Å²) in [5.41, 5.74) is 0.543. The minimum absolute atomic E-state index is 0.0662. The third kappa shape index (κ3) is 5.05. The van der Waals surface area contributed by atoms with Crippen LogP contribution in [0.2, 0.25) is 0 Å². The molecule has 1 amide bonds. The minimum atomic E-state index is -3.47. The van der Waals surface area contributed by atoms with Crippen molar-refractivity contribution in [2.24, 2.45) is 5.92 Å². The second kappa shape index (κ2) is 8.62. The number of sulfonamides is 1. The highest BCUT2D eigenvalue weighted by molar-refractivity contribution is 7.89. The summed E-state index contributed by atoms with van der Waals surface area (Å²) < 4.78 is 26.9. The van der Waals surface area contributed by atoms with Crippen molar-refractivity contribution in [3.8, 4) is 0 Å². The summed E-state index contributed by atoms with van der Waals surface area (Å²) in [6.07, 6.45) is 5.42. The van der Waals surface area contributed by atoms with Gasteiger partial charge in [-0.05, 0) is 37.0 Å². The highest BCUT2D eigenvalue weighted by Gasteiger charge is 2.26. The molecule has 0 aliphatic carbocycles. The number of carbonyl (C=O) groups excluding carboxylic acids is 1. The zero-order valence-corrected chi connectivity index (χ0v) is 15.4. The largest absolute Gasteiger partial charge is 0.326 e. The van der Waals surface area contributed by atoms with E-state index in [9.17, 15) is 13.2 Å². The first-order chi connectivity index (χ1) is 11.4. The van der Waals surface area contributed by atoms with Crippen LogP contribution < -0.4 is 5.32 Å². The van der Waals surface area contributed by atoms with Gasteiger partial charge in [-0.25, -0.2) is 8.42 Å². The van der Waals surface area contributed by atoms with Crippen LogP contribution in [0.3, 0.4) is 0 Å². The molecule has 1 unspecified atom stereocenters. The lowest BCUT2D eigenvalue weighted by Crippen LogP contribution is -2.35. The van der Waals surface area contributed by atoms with Crippen LogP contribution in [0.5, 0.6) is 0 Å². The van der Waals surface area contributed by atoms with Crippen LogP contribution in [0.1, 0.15) is 52.4 Å². The number of anilines is 1. The van der Waals surface area contributed by atoms with Gasteiger partial charge in [0, 0.05) is 25.2 Å². The lowest BCUT2D eigenvalue weighted by molar-refractivity contribution is -0.117. The van der Waals surface area contributed by atoms with Crippen LogP contribution in [0.25, 0.3) is 0 Å². The molecule has 6 heteroatoms. The lowest BCUT2D eigenvalue weighted by Gasteiger charge is -2.26. The first-order valence-corrected chi connectivity index (χ1v) is 10.3. The van der Waals surface area contributed by atoms with Crippen LogP contribution in [-0.2, 0) is 14.8 Å². The van der Waals surface area contributed by atoms with Gasteiger partial charge in [-0.1, -0.05) is 39.2 Å². The van der Waals surface area contributed by atoms with Crippen LogP contribution in [0, 0.1) is 5.92 Å².